The van der Waals surface area contributed by atoms with Crippen molar-refractivity contribution in [3.05, 3.63) is 48.0 Å². The predicted molar refractivity (Wildman–Crippen MR) is 92.3 cm³/mol. The van der Waals surface area contributed by atoms with E-state index < -0.39 is 5.41 Å². The summed E-state index contributed by atoms with van der Waals surface area (Å²) in [6.07, 6.45) is 0. The molecule has 0 unspecified atom stereocenters. The Morgan fingerprint density at radius 3 is 2.65 bits per heavy atom. The Morgan fingerprint density at radius 2 is 1.91 bits per heavy atom. The minimum Gasteiger partial charge on any atom is -0.436 e. The lowest BCUT2D eigenvalue weighted by Gasteiger charge is -2.17. The van der Waals surface area contributed by atoms with Crippen LogP contribution in [-0.2, 0) is 4.79 Å². The summed E-state index contributed by atoms with van der Waals surface area (Å²) < 4.78 is 5.84. The Balaban J connectivity index is 1.93. The number of amides is 1. The van der Waals surface area contributed by atoms with Gasteiger partial charge in [-0.1, -0.05) is 32.9 Å². The molecule has 1 amide bonds. The minimum absolute atomic E-state index is 0.0251. The van der Waals surface area contributed by atoms with Crippen molar-refractivity contribution in [1.29, 1.82) is 0 Å². The molecule has 0 spiro atoms. The summed E-state index contributed by atoms with van der Waals surface area (Å²) in [5.41, 5.74) is 3.86. The number of oxazole rings is 1. The Kier molecular flexibility index (Phi) is 3.68. The number of nitrogens with zero attached hydrogens (tertiary/aromatic N) is 1. The highest BCUT2D eigenvalue weighted by Crippen LogP contribution is 2.27. The Morgan fingerprint density at radius 1 is 1.13 bits per heavy atom. The number of carbonyl (C=O) groups is 1. The molecule has 0 aliphatic rings. The number of hydrogen-bond donors (Lipinski definition) is 1. The third kappa shape index (κ3) is 3.26. The topological polar surface area (TPSA) is 55.1 Å². The van der Waals surface area contributed by atoms with Gasteiger partial charge in [0.2, 0.25) is 11.8 Å². The number of anilines is 1. The molecule has 0 bridgehead atoms. The molecule has 23 heavy (non-hydrogen) atoms. The lowest BCUT2D eigenvalue weighted by Crippen LogP contribution is -2.27. The van der Waals surface area contributed by atoms with Crippen LogP contribution in [-0.4, -0.2) is 10.9 Å². The van der Waals surface area contributed by atoms with Crippen LogP contribution in [0, 0.1) is 12.3 Å². The van der Waals surface area contributed by atoms with Crippen molar-refractivity contribution >= 4 is 22.7 Å². The van der Waals surface area contributed by atoms with Gasteiger partial charge in [-0.2, -0.15) is 0 Å². The molecule has 4 heteroatoms. The fourth-order valence-corrected chi connectivity index (χ4v) is 2.20. The highest BCUT2D eigenvalue weighted by molar-refractivity contribution is 5.95. The van der Waals surface area contributed by atoms with Crippen LogP contribution in [0.15, 0.2) is 46.9 Å². The van der Waals surface area contributed by atoms with Crippen LogP contribution in [0.3, 0.4) is 0 Å². The molecule has 0 saturated heterocycles. The number of nitrogens with one attached hydrogen (secondary N) is 1. The number of benzene rings is 2. The van der Waals surface area contributed by atoms with Crippen molar-refractivity contribution in [1.82, 2.24) is 4.98 Å². The van der Waals surface area contributed by atoms with Gasteiger partial charge in [-0.15, -0.1) is 0 Å². The zero-order valence-electron chi connectivity index (χ0n) is 13.8. The first-order chi connectivity index (χ1) is 10.8. The monoisotopic (exact) mass is 308 g/mol. The minimum atomic E-state index is -0.439. The summed E-state index contributed by atoms with van der Waals surface area (Å²) in [6.45, 7) is 7.67. The number of rotatable bonds is 2. The second-order valence-corrected chi connectivity index (χ2v) is 6.78. The van der Waals surface area contributed by atoms with Gasteiger partial charge in [-0.05, 0) is 42.8 Å². The first kappa shape index (κ1) is 15.3. The molecular weight excluding hydrogens is 288 g/mol. The smallest absolute Gasteiger partial charge is 0.229 e. The average Bonchev–Trinajstić information content (AvgIpc) is 2.89. The van der Waals surface area contributed by atoms with Gasteiger partial charge in [0.1, 0.15) is 5.52 Å². The fraction of sp³-hybridized carbons (Fsp3) is 0.263. The van der Waals surface area contributed by atoms with E-state index in [4.69, 9.17) is 4.42 Å². The van der Waals surface area contributed by atoms with Crippen LogP contribution >= 0.6 is 0 Å². The summed E-state index contributed by atoms with van der Waals surface area (Å²) in [5, 5.41) is 2.93. The lowest BCUT2D eigenvalue weighted by atomic mass is 9.95. The number of fused-ring (bicyclic) bond motifs is 1. The molecule has 2 aromatic carbocycles. The van der Waals surface area contributed by atoms with Crippen molar-refractivity contribution in [3.63, 3.8) is 0 Å². The van der Waals surface area contributed by atoms with E-state index in [0.29, 0.717) is 5.89 Å². The third-order valence-corrected chi connectivity index (χ3v) is 3.59. The molecule has 3 aromatic rings. The van der Waals surface area contributed by atoms with Crippen LogP contribution in [0.5, 0.6) is 0 Å². The van der Waals surface area contributed by atoms with Gasteiger partial charge in [0.15, 0.2) is 5.58 Å². The molecule has 1 N–H and O–H groups in total. The number of aryl methyl sites for hydroxylation is 1. The first-order valence-corrected chi connectivity index (χ1v) is 7.62. The molecule has 0 fully saturated rings. The van der Waals surface area contributed by atoms with Crippen molar-refractivity contribution in [3.8, 4) is 11.5 Å². The predicted octanol–water partition coefficient (Wildman–Crippen LogP) is 4.79. The maximum absolute atomic E-state index is 12.1. The second-order valence-electron chi connectivity index (χ2n) is 6.78. The molecule has 0 atom stereocenters. The van der Waals surface area contributed by atoms with Crippen molar-refractivity contribution in [2.24, 2.45) is 5.41 Å². The molecule has 0 aliphatic carbocycles. The van der Waals surface area contributed by atoms with E-state index in [9.17, 15) is 4.79 Å². The molecule has 1 heterocycles. The zero-order valence-corrected chi connectivity index (χ0v) is 13.8. The SMILES string of the molecule is Cc1ccc2nc(-c3cccc(NC(=O)C(C)(C)C)c3)oc2c1. The van der Waals surface area contributed by atoms with Gasteiger partial charge in [0.05, 0.1) is 0 Å². The molecule has 1 aromatic heterocycles. The molecule has 0 radical (unpaired) electrons. The summed E-state index contributed by atoms with van der Waals surface area (Å²) in [6, 6.07) is 13.5. The van der Waals surface area contributed by atoms with Crippen LogP contribution in [0.1, 0.15) is 26.3 Å². The van der Waals surface area contributed by atoms with Crippen LogP contribution in [0.25, 0.3) is 22.6 Å². The second kappa shape index (κ2) is 5.54. The lowest BCUT2D eigenvalue weighted by molar-refractivity contribution is -0.123. The number of aromatic nitrogens is 1. The molecule has 4 nitrogen and oxygen atoms in total. The normalized spacial score (nSPS) is 11.7. The van der Waals surface area contributed by atoms with Gasteiger partial charge < -0.3 is 9.73 Å². The van der Waals surface area contributed by atoms with Gasteiger partial charge in [0.25, 0.3) is 0 Å². The summed E-state index contributed by atoms with van der Waals surface area (Å²) in [7, 11) is 0. The average molecular weight is 308 g/mol. The van der Waals surface area contributed by atoms with Gasteiger partial charge in [-0.3, -0.25) is 4.79 Å². The highest BCUT2D eigenvalue weighted by Gasteiger charge is 2.21. The quantitative estimate of drug-likeness (QED) is 0.740. The van der Waals surface area contributed by atoms with E-state index in [1.807, 2.05) is 70.2 Å². The van der Waals surface area contributed by atoms with Crippen LogP contribution in [0.2, 0.25) is 0 Å². The molecule has 0 saturated carbocycles. The Labute approximate surface area is 135 Å². The summed E-state index contributed by atoms with van der Waals surface area (Å²) in [5.74, 6) is 0.528. The molecular formula is C19H20N2O2. The largest absolute Gasteiger partial charge is 0.436 e. The standard InChI is InChI=1S/C19H20N2O2/c1-12-8-9-15-16(10-12)23-17(21-15)13-6-5-7-14(11-13)20-18(22)19(2,3)4/h5-11H,1-4H3,(H,20,22). The van der Waals surface area contributed by atoms with Crippen LogP contribution in [0.4, 0.5) is 5.69 Å². The maximum atomic E-state index is 12.1. The van der Waals surface area contributed by atoms with Crippen molar-refractivity contribution in [2.45, 2.75) is 27.7 Å². The Bertz CT molecular complexity index is 872. The van der Waals surface area contributed by atoms with Crippen molar-refractivity contribution < 1.29 is 9.21 Å². The van der Waals surface area contributed by atoms with E-state index in [0.717, 1.165) is 27.9 Å². The fourth-order valence-electron chi connectivity index (χ4n) is 2.20. The summed E-state index contributed by atoms with van der Waals surface area (Å²) >= 11 is 0. The van der Waals surface area contributed by atoms with Crippen LogP contribution < -0.4 is 5.32 Å². The van der Waals surface area contributed by atoms with E-state index in [-0.39, 0.29) is 5.91 Å². The number of hydrogen-bond acceptors (Lipinski definition) is 3. The molecule has 3 rings (SSSR count). The van der Waals surface area contributed by atoms with Gasteiger partial charge in [0, 0.05) is 16.7 Å². The van der Waals surface area contributed by atoms with E-state index in [2.05, 4.69) is 10.3 Å². The van der Waals surface area contributed by atoms with E-state index in [1.165, 1.54) is 0 Å². The number of carbonyl (C=O) groups excluding carboxylic acids is 1. The molecule has 118 valence electrons. The van der Waals surface area contributed by atoms with Gasteiger partial charge in [-0.25, -0.2) is 4.98 Å². The highest BCUT2D eigenvalue weighted by atomic mass is 16.3. The first-order valence-electron chi connectivity index (χ1n) is 7.62. The Hall–Kier alpha value is -2.62. The van der Waals surface area contributed by atoms with E-state index in [1.54, 1.807) is 0 Å². The van der Waals surface area contributed by atoms with Crippen molar-refractivity contribution in [2.75, 3.05) is 5.32 Å². The van der Waals surface area contributed by atoms with E-state index >= 15 is 0 Å². The zero-order chi connectivity index (χ0) is 16.6. The maximum Gasteiger partial charge on any atom is 0.229 e. The third-order valence-electron chi connectivity index (χ3n) is 3.59. The summed E-state index contributed by atoms with van der Waals surface area (Å²) in [4.78, 5) is 16.6. The molecule has 0 aliphatic heterocycles. The van der Waals surface area contributed by atoms with Gasteiger partial charge >= 0.3 is 0 Å².